The number of aryl methyl sites for hydroxylation is 4. The molecule has 144 heavy (non-hydrogen) atoms. The number of thiol groups is 1. The summed E-state index contributed by atoms with van der Waals surface area (Å²) >= 11 is 21.5. The maximum Gasteiger partial charge on any atom is 0.472 e. The molecule has 0 amide bonds. The fourth-order valence-electron chi connectivity index (χ4n) is 16.5. The lowest BCUT2D eigenvalue weighted by atomic mass is 10.1. The van der Waals surface area contributed by atoms with Crippen LogP contribution in [0.5, 0.6) is 0 Å². The van der Waals surface area contributed by atoms with Gasteiger partial charge < -0.3 is 130 Å². The first-order valence-electron chi connectivity index (χ1n) is 44.2. The van der Waals surface area contributed by atoms with E-state index in [2.05, 4.69) is 57.1 Å². The highest BCUT2D eigenvalue weighted by Gasteiger charge is 2.58. The number of pyridine rings is 1. The highest BCUT2D eigenvalue weighted by Crippen LogP contribution is 2.60. The maximum atomic E-state index is 15.5. The Morgan fingerprint density at radius 2 is 0.764 bits per heavy atom. The molecule has 8 aromatic heterocycles. The summed E-state index contributed by atoms with van der Waals surface area (Å²) in [6.45, 7) is -19.0. The van der Waals surface area contributed by atoms with E-state index in [1.165, 1.54) is 103 Å². The number of phosphoric acid groups is 1. The Kier molecular flexibility index (Phi) is 38.3. The van der Waals surface area contributed by atoms with Gasteiger partial charge in [0.2, 0.25) is 0 Å². The summed E-state index contributed by atoms with van der Waals surface area (Å²) in [5.41, 5.74) is 6.40. The number of imidazole rings is 2. The Hall–Kier alpha value is -6.99. The number of methoxy groups -OCH3 is 5. The quantitative estimate of drug-likeness (QED) is 0.0128. The van der Waals surface area contributed by atoms with Crippen LogP contribution in [0.3, 0.4) is 0 Å². The maximum absolute atomic E-state index is 15.5. The van der Waals surface area contributed by atoms with Crippen molar-refractivity contribution in [1.82, 2.24) is 72.3 Å². The average Bonchev–Trinajstić information content (AvgIpc) is 1.62. The number of aliphatic hydroxyl groups excluding tert-OH is 1. The Labute approximate surface area is 835 Å². The summed E-state index contributed by atoms with van der Waals surface area (Å²) in [6, 6.07) is 1.54. The smallest absolute Gasteiger partial charge is 0.397 e. The van der Waals surface area contributed by atoms with E-state index in [0.717, 1.165) is 43.2 Å². The van der Waals surface area contributed by atoms with Crippen molar-refractivity contribution in [1.29, 1.82) is 0 Å². The van der Waals surface area contributed by atoms with Crippen molar-refractivity contribution >= 4 is 116 Å². The topological polar surface area (TPSA) is 721 Å². The van der Waals surface area contributed by atoms with Crippen molar-refractivity contribution < 1.29 is 155 Å². The second-order valence-corrected chi connectivity index (χ2v) is 45.9. The number of phosphoric ester groups is 1. The largest absolute Gasteiger partial charge is 0.472 e. The van der Waals surface area contributed by atoms with Gasteiger partial charge in [-0.1, -0.05) is 19.2 Å². The summed E-state index contributed by atoms with van der Waals surface area (Å²) in [4.78, 5) is 186. The Morgan fingerprint density at radius 1 is 0.417 bits per heavy atom. The molecule has 14 rings (SSSR count). The summed E-state index contributed by atoms with van der Waals surface area (Å²) in [7, 11) is 0.869. The molecule has 0 spiro atoms. The van der Waals surface area contributed by atoms with Crippen molar-refractivity contribution in [2.45, 2.75) is 189 Å². The molecule has 0 bridgehead atoms. The number of hydrogen-bond donors (Lipinski definition) is 12. The molecule has 6 aliphatic heterocycles. The lowest BCUT2D eigenvalue weighted by Gasteiger charge is -2.30. The van der Waals surface area contributed by atoms with Gasteiger partial charge in [0, 0.05) is 95.2 Å². The lowest BCUT2D eigenvalue weighted by Crippen LogP contribution is -2.42. The van der Waals surface area contributed by atoms with E-state index in [1.54, 1.807) is 6.92 Å². The van der Waals surface area contributed by atoms with Crippen molar-refractivity contribution in [2.75, 3.05) is 146 Å². The first-order valence-corrected chi connectivity index (χ1v) is 56.2. The molecule has 0 aliphatic carbocycles. The van der Waals surface area contributed by atoms with E-state index in [9.17, 15) is 63.0 Å². The second-order valence-electron chi connectivity index (χ2n) is 33.2. The van der Waals surface area contributed by atoms with Gasteiger partial charge >= 0.3 is 57.5 Å². The monoisotopic (exact) mass is 2210 g/mol. The molecule has 6 saturated heterocycles. The van der Waals surface area contributed by atoms with Crippen LogP contribution < -0.4 is 56.5 Å². The normalized spacial score (nSPS) is 29.3. The summed E-state index contributed by atoms with van der Waals surface area (Å²) in [5, 5.41) is 11.9. The Balaban J connectivity index is 0.755. The van der Waals surface area contributed by atoms with E-state index < -0.39 is 261 Å². The van der Waals surface area contributed by atoms with Gasteiger partial charge in [-0.2, -0.15) is 0 Å². The molecule has 10 unspecified atom stereocenters. The summed E-state index contributed by atoms with van der Waals surface area (Å²) in [6.07, 6.45) is -26.2. The number of anilines is 2. The molecule has 67 heteroatoms. The Morgan fingerprint density at radius 3 is 1.19 bits per heavy atom. The fraction of sp³-hybridized carbons (Fsp3) is 0.649. The average molecular weight is 2210 g/mol. The number of nitrogens with two attached hydrogens (primary N) is 2. The SMILES string of the molecule is CC[C@H]1O[C@@H](n2cc(C)c(=O)[nH]c2=O)C[C@H]1OP(O)(=S)OC[C@H]1O[C@@H](n2cc(C)c(=O)[nH]c2=O)C(OCCOC)[C@H]1OP(=O)(S)OC[C@H]1O[C@@H](n2cc(C)c(=O)[nH]c2=O)C(OCCOC)[C@H]1OP(=O)(O)OC[C@H]1O[C@@H](n2cnc3c(N)ncnc32)C(OCCOC)[C@H]1OP(O)(=S)OC[C@H]1O[C@@H](n2cc(C)c(=O)[nH]c2=O)C(OCCOC)[C@H]1OP(O)(=S)OC[C@H]1O[C@@H](n2cnc3c(N)ccnc32)C(OCCOC)[C@H]1O. The molecule has 8 aromatic rings. The number of fused-ring (bicyclic) bond motifs is 2. The molecule has 28 atom stereocenters. The van der Waals surface area contributed by atoms with Crippen LogP contribution in [0.15, 0.2) is 94.4 Å². The first-order chi connectivity index (χ1) is 68.5. The standard InChI is InChI=1S/C77H110N17O41P5S4/c1-11-42-43(24-49(125-42)89-25-37(2)65(96)85-74(89)100)131-137(106,141)122-32-47-55(59(117-21-16-112-8)71(128-47)91-27-39(4)67(98)87-76(91)102)135-139(108,143)123-31-46-53(58(116-20-15-111-7)70(127-46)90-26-38(3)66(97)86-75(90)101)132-136(104,105)120-30-45-54(61(119-23-18-114-10)73(130-45)94-36-84-51-62(79)81-34-82-64(51)94)133-140(109,144)124-33-48-56(60(118-22-17-113-9)72(129-48)92-28-40(5)68(99)88-77(92)103)134-138(107,142)121-29-44-52(95)57(115-19-14-110-6)69(126-44)93-35-83-50-41(78)12-13-80-63(50)93/h12-13,25-28,34-36,42-49,52-61,69-73,95H,11,14-24,29-33H2,1-10H3,(H2,78,80)(H,104,105)(H,106,141)(H,107,142)(H,108,143)(H,109,144)(H2,79,81,82)(H,85,96,100)(H,86,97,101)(H,87,98,102)(H,88,99,103)/t42-,43-,44-,45-,46-,47-,48-,49-,52+,53+,54+,55+,56+,57?,58?,59?,60?,61?,69-,70-,71-,72-,73-,137?,138?,139?,140?/m1/s1. The number of nitrogens with zero attached hydrogens (tertiary/aromatic N) is 11. The Bertz CT molecular complexity index is 6580. The minimum Gasteiger partial charge on any atom is -0.397 e. The van der Waals surface area contributed by atoms with Gasteiger partial charge in [-0.25, -0.2) is 53.2 Å². The molecule has 0 radical (unpaired) electrons. The highest BCUT2D eigenvalue weighted by atomic mass is 32.7. The summed E-state index contributed by atoms with van der Waals surface area (Å²) < 4.78 is 195. The molecule has 798 valence electrons. The number of aromatic nitrogens is 15. The number of nitrogen functional groups attached to an aromatic ring is 2. The van der Waals surface area contributed by atoms with Gasteiger partial charge in [0.15, 0.2) is 48.3 Å². The van der Waals surface area contributed by atoms with Crippen LogP contribution in [-0.4, -0.2) is 335 Å². The molecule has 14 heterocycles. The predicted octanol–water partition coefficient (Wildman–Crippen LogP) is -0.629. The highest BCUT2D eigenvalue weighted by molar-refractivity contribution is 8.44. The molecular formula is C77H110N17O41P5S4. The number of aliphatic hydroxyl groups is 1. The zero-order valence-electron chi connectivity index (χ0n) is 78.4. The van der Waals surface area contributed by atoms with Gasteiger partial charge in [-0.3, -0.25) is 93.7 Å². The van der Waals surface area contributed by atoms with E-state index in [0.29, 0.717) is 5.52 Å². The van der Waals surface area contributed by atoms with Gasteiger partial charge in [-0.05, 0) is 75.6 Å². The molecule has 6 fully saturated rings. The van der Waals surface area contributed by atoms with Crippen LogP contribution in [0.1, 0.15) is 79.4 Å². The van der Waals surface area contributed by atoms with Crippen LogP contribution in [0.25, 0.3) is 22.3 Å². The van der Waals surface area contributed by atoms with E-state index >= 15 is 9.13 Å². The van der Waals surface area contributed by atoms with Crippen molar-refractivity contribution in [2.24, 2.45) is 0 Å². The van der Waals surface area contributed by atoms with Gasteiger partial charge in [0.25, 0.3) is 22.2 Å². The van der Waals surface area contributed by atoms with Crippen LogP contribution in [0, 0.1) is 27.7 Å². The molecule has 0 aromatic carbocycles. The number of H-pyrrole nitrogens is 4. The van der Waals surface area contributed by atoms with Crippen LogP contribution >= 0.6 is 47.0 Å². The third-order valence-electron chi connectivity index (χ3n) is 23.5. The zero-order chi connectivity index (χ0) is 104. The van der Waals surface area contributed by atoms with Crippen molar-refractivity contribution in [3.8, 4) is 0 Å². The number of rotatable bonds is 52. The summed E-state index contributed by atoms with van der Waals surface area (Å²) in [5.74, 6) is -0.112. The van der Waals surface area contributed by atoms with Crippen molar-refractivity contribution in [3.63, 3.8) is 0 Å². The van der Waals surface area contributed by atoms with Crippen molar-refractivity contribution in [3.05, 3.63) is 162 Å². The molecule has 58 nitrogen and oxygen atoms in total. The molecule has 13 N–H and O–H groups in total. The second kappa shape index (κ2) is 49.0. The fourth-order valence-corrected chi connectivity index (χ4v) is 23.3. The van der Waals surface area contributed by atoms with Gasteiger partial charge in [0.05, 0.1) is 130 Å². The number of ether oxygens (including phenoxy) is 16. The van der Waals surface area contributed by atoms with Crippen LogP contribution in [-0.2, 0) is 166 Å². The minimum absolute atomic E-state index is 0.000921. The van der Waals surface area contributed by atoms with Gasteiger partial charge in [-0.15, -0.1) is 0 Å². The van der Waals surface area contributed by atoms with E-state index in [4.69, 9.17) is 168 Å². The number of nitrogens with one attached hydrogen (secondary N) is 4. The first kappa shape index (κ1) is 113. The van der Waals surface area contributed by atoms with E-state index in [-0.39, 0.29) is 123 Å². The number of aromatic amines is 4. The van der Waals surface area contributed by atoms with Crippen LogP contribution in [0.2, 0.25) is 0 Å². The molecule has 0 saturated carbocycles. The third kappa shape index (κ3) is 26.8. The number of hydrogen-bond acceptors (Lipinski definition) is 47. The lowest BCUT2D eigenvalue weighted by molar-refractivity contribution is -0.0837. The predicted molar refractivity (Wildman–Crippen MR) is 508 cm³/mol. The third-order valence-corrected chi connectivity index (χ3v) is 30.8. The minimum atomic E-state index is -5.90. The van der Waals surface area contributed by atoms with Crippen LogP contribution in [0.4, 0.5) is 11.5 Å². The molecular weight excluding hydrogens is 2100 g/mol. The van der Waals surface area contributed by atoms with E-state index in [1.807, 2.05) is 0 Å². The molecule has 6 aliphatic rings. The zero-order valence-corrected chi connectivity index (χ0v) is 86.2. The van der Waals surface area contributed by atoms with Gasteiger partial charge in [0.1, 0.15) is 115 Å².